The van der Waals surface area contributed by atoms with E-state index in [0.29, 0.717) is 5.92 Å². The van der Waals surface area contributed by atoms with Gasteiger partial charge < -0.3 is 10.8 Å². The number of aliphatic hydroxyl groups excluding tert-OH is 1. The summed E-state index contributed by atoms with van der Waals surface area (Å²) in [4.78, 5) is 0. The lowest BCUT2D eigenvalue weighted by Crippen LogP contribution is -2.34. The van der Waals surface area contributed by atoms with E-state index in [-0.39, 0.29) is 18.4 Å². The Morgan fingerprint density at radius 1 is 1.05 bits per heavy atom. The second-order valence-electron chi connectivity index (χ2n) is 5.84. The average molecular weight is 284 g/mol. The Kier molecular flexibility index (Phi) is 6.31. The van der Waals surface area contributed by atoms with E-state index >= 15 is 0 Å². The Bertz CT molecular complexity index is 381. The van der Waals surface area contributed by atoms with Crippen molar-refractivity contribution in [2.75, 3.05) is 0 Å². The minimum atomic E-state index is -0.397. The molecule has 3 N–H and O–H groups in total. The molecule has 0 bridgehead atoms. The summed E-state index contributed by atoms with van der Waals surface area (Å²) in [5, 5.41) is 10.5. The van der Waals surface area contributed by atoms with Gasteiger partial charge in [-0.1, -0.05) is 48.6 Å². The molecule has 2 nitrogen and oxygen atoms in total. The molecule has 2 rings (SSSR count). The first-order chi connectivity index (χ1) is 8.58. The number of hydrogen-bond acceptors (Lipinski definition) is 2. The molecule has 0 aliphatic heterocycles. The number of halogens is 1. The van der Waals surface area contributed by atoms with Crippen LogP contribution in [0.1, 0.15) is 54.8 Å². The summed E-state index contributed by atoms with van der Waals surface area (Å²) in [7, 11) is 0. The third kappa shape index (κ3) is 4.20. The molecule has 0 aromatic heterocycles. The minimum Gasteiger partial charge on any atom is -0.391 e. The van der Waals surface area contributed by atoms with Crippen LogP contribution in [-0.2, 0) is 0 Å². The Labute approximate surface area is 122 Å². The van der Waals surface area contributed by atoms with E-state index in [9.17, 15) is 5.11 Å². The number of rotatable bonds is 3. The Balaban J connectivity index is 0.00000180. The average Bonchev–Trinajstić information content (AvgIpc) is 2.37. The molecular weight excluding hydrogens is 258 g/mol. The van der Waals surface area contributed by atoms with Gasteiger partial charge in [0.1, 0.15) is 0 Å². The van der Waals surface area contributed by atoms with Crippen LogP contribution in [0.25, 0.3) is 0 Å². The maximum atomic E-state index is 10.5. The third-order valence-corrected chi connectivity index (χ3v) is 4.13. The monoisotopic (exact) mass is 283 g/mol. The van der Waals surface area contributed by atoms with Gasteiger partial charge >= 0.3 is 0 Å². The van der Waals surface area contributed by atoms with E-state index in [2.05, 4.69) is 32.0 Å². The van der Waals surface area contributed by atoms with Crippen LogP contribution in [0.15, 0.2) is 18.2 Å². The second-order valence-corrected chi connectivity index (χ2v) is 5.84. The van der Waals surface area contributed by atoms with Gasteiger partial charge in [0.15, 0.2) is 0 Å². The fourth-order valence-corrected chi connectivity index (χ4v) is 3.17. The van der Waals surface area contributed by atoms with Gasteiger partial charge in [0.05, 0.1) is 12.1 Å². The highest BCUT2D eigenvalue weighted by Gasteiger charge is 2.27. The third-order valence-electron chi connectivity index (χ3n) is 4.13. The van der Waals surface area contributed by atoms with Crippen molar-refractivity contribution in [3.63, 3.8) is 0 Å². The Morgan fingerprint density at radius 2 is 1.58 bits per heavy atom. The zero-order valence-electron chi connectivity index (χ0n) is 11.9. The van der Waals surface area contributed by atoms with Crippen LogP contribution < -0.4 is 5.73 Å². The smallest absolute Gasteiger partial charge is 0.0760 e. The summed E-state index contributed by atoms with van der Waals surface area (Å²) < 4.78 is 0. The van der Waals surface area contributed by atoms with Crippen molar-refractivity contribution in [3.05, 3.63) is 34.9 Å². The fourth-order valence-electron chi connectivity index (χ4n) is 3.17. The summed E-state index contributed by atoms with van der Waals surface area (Å²) in [6, 6.07) is 6.10. The van der Waals surface area contributed by atoms with Crippen LogP contribution in [-0.4, -0.2) is 11.2 Å². The van der Waals surface area contributed by atoms with Gasteiger partial charge in [0.25, 0.3) is 0 Å². The van der Waals surface area contributed by atoms with Crippen molar-refractivity contribution in [3.8, 4) is 0 Å². The molecule has 0 spiro atoms. The van der Waals surface area contributed by atoms with E-state index in [0.717, 1.165) is 18.4 Å². The molecule has 1 fully saturated rings. The normalized spacial score (nSPS) is 19.6. The molecule has 1 aliphatic rings. The molecule has 108 valence electrons. The number of nitrogens with two attached hydrogens (primary N) is 1. The van der Waals surface area contributed by atoms with E-state index < -0.39 is 6.10 Å². The van der Waals surface area contributed by atoms with Gasteiger partial charge in [-0.2, -0.15) is 0 Å². The predicted molar refractivity (Wildman–Crippen MR) is 82.7 cm³/mol. The predicted octanol–water partition coefficient (Wildman–Crippen LogP) is 3.67. The largest absolute Gasteiger partial charge is 0.391 e. The highest BCUT2D eigenvalue weighted by atomic mass is 35.5. The summed E-state index contributed by atoms with van der Waals surface area (Å²) in [5.41, 5.74) is 9.77. The lowest BCUT2D eigenvalue weighted by molar-refractivity contribution is 0.0618. The zero-order valence-corrected chi connectivity index (χ0v) is 12.7. The van der Waals surface area contributed by atoms with Gasteiger partial charge in [-0.25, -0.2) is 0 Å². The van der Waals surface area contributed by atoms with E-state index in [1.165, 1.54) is 30.4 Å². The van der Waals surface area contributed by atoms with Crippen molar-refractivity contribution < 1.29 is 5.11 Å². The quantitative estimate of drug-likeness (QED) is 0.889. The van der Waals surface area contributed by atoms with Gasteiger partial charge in [0, 0.05) is 0 Å². The Hall–Kier alpha value is -0.570. The summed E-state index contributed by atoms with van der Waals surface area (Å²) in [6.45, 7) is 4.16. The molecule has 0 heterocycles. The molecular formula is C16H26ClNO. The highest BCUT2D eigenvalue weighted by molar-refractivity contribution is 5.85. The first kappa shape index (κ1) is 16.5. The number of aliphatic hydroxyl groups is 1. The standard InChI is InChI=1S/C16H25NO.ClH/c1-11-8-12(2)10-14(9-11)15(17)16(18)13-6-4-3-5-7-13;/h8-10,13,15-16,18H,3-7,17H2,1-2H3;1H/t15-,16+;/m0./s1. The minimum absolute atomic E-state index is 0. The summed E-state index contributed by atoms with van der Waals surface area (Å²) in [6.07, 6.45) is 5.63. The first-order valence-electron chi connectivity index (χ1n) is 7.10. The molecule has 0 amide bonds. The molecule has 1 aromatic carbocycles. The number of hydrogen-bond donors (Lipinski definition) is 2. The van der Waals surface area contributed by atoms with Crippen LogP contribution in [0.3, 0.4) is 0 Å². The molecule has 1 aromatic rings. The molecule has 3 heteroatoms. The van der Waals surface area contributed by atoms with E-state index in [1.807, 2.05) is 0 Å². The molecule has 1 aliphatic carbocycles. The lowest BCUT2D eigenvalue weighted by atomic mass is 9.81. The van der Waals surface area contributed by atoms with Crippen molar-refractivity contribution in [1.29, 1.82) is 0 Å². The number of aryl methyl sites for hydroxylation is 2. The topological polar surface area (TPSA) is 46.2 Å². The summed E-state index contributed by atoms with van der Waals surface area (Å²) in [5.74, 6) is 0.384. The van der Waals surface area contributed by atoms with Gasteiger partial charge in [0.2, 0.25) is 0 Å². The van der Waals surface area contributed by atoms with Crippen LogP contribution in [0.4, 0.5) is 0 Å². The van der Waals surface area contributed by atoms with Gasteiger partial charge in [-0.05, 0) is 38.2 Å². The zero-order chi connectivity index (χ0) is 13.1. The molecule has 0 radical (unpaired) electrons. The van der Waals surface area contributed by atoms with Gasteiger partial charge in [-0.15, -0.1) is 12.4 Å². The van der Waals surface area contributed by atoms with Crippen LogP contribution in [0.5, 0.6) is 0 Å². The summed E-state index contributed by atoms with van der Waals surface area (Å²) >= 11 is 0. The van der Waals surface area contributed by atoms with Crippen LogP contribution in [0, 0.1) is 19.8 Å². The highest BCUT2D eigenvalue weighted by Crippen LogP contribution is 2.31. The second kappa shape index (κ2) is 7.28. The van der Waals surface area contributed by atoms with Gasteiger partial charge in [-0.3, -0.25) is 0 Å². The number of benzene rings is 1. The molecule has 0 unspecified atom stereocenters. The molecule has 19 heavy (non-hydrogen) atoms. The maximum Gasteiger partial charge on any atom is 0.0760 e. The molecule has 1 saturated carbocycles. The van der Waals surface area contributed by atoms with E-state index in [4.69, 9.17) is 5.73 Å². The SMILES string of the molecule is Cc1cc(C)cc([C@H](N)[C@H](O)C2CCCCC2)c1.Cl. The van der Waals surface area contributed by atoms with Crippen molar-refractivity contribution in [2.24, 2.45) is 11.7 Å². The Morgan fingerprint density at radius 3 is 2.11 bits per heavy atom. The first-order valence-corrected chi connectivity index (χ1v) is 7.10. The maximum absolute atomic E-state index is 10.5. The van der Waals surface area contributed by atoms with Crippen LogP contribution >= 0.6 is 12.4 Å². The fraction of sp³-hybridized carbons (Fsp3) is 0.625. The lowest BCUT2D eigenvalue weighted by Gasteiger charge is -2.30. The van der Waals surface area contributed by atoms with Crippen molar-refractivity contribution in [2.45, 2.75) is 58.1 Å². The molecule has 2 atom stereocenters. The van der Waals surface area contributed by atoms with E-state index in [1.54, 1.807) is 0 Å². The van der Waals surface area contributed by atoms with Crippen molar-refractivity contribution >= 4 is 12.4 Å². The van der Waals surface area contributed by atoms with Crippen molar-refractivity contribution in [1.82, 2.24) is 0 Å². The molecule has 0 saturated heterocycles. The van der Waals surface area contributed by atoms with Crippen LogP contribution in [0.2, 0.25) is 0 Å².